The first-order valence-corrected chi connectivity index (χ1v) is 26.0. The summed E-state index contributed by atoms with van der Waals surface area (Å²) in [5.74, 6) is -1.47. The Balaban J connectivity index is 4.82. The summed E-state index contributed by atoms with van der Waals surface area (Å²) in [4.78, 5) is 47.6. The number of carbonyl (C=O) groups excluding carboxylic acids is 4. The number of carbonyl (C=O) groups is 4. The van der Waals surface area contributed by atoms with E-state index in [1.165, 1.54) is 0 Å². The minimum Gasteiger partial charge on any atom is -0.462 e. The molecule has 17 heteroatoms. The van der Waals surface area contributed by atoms with Crippen molar-refractivity contribution in [2.24, 2.45) is 0 Å². The third-order valence-electron chi connectivity index (χ3n) is 5.78. The van der Waals surface area contributed by atoms with Crippen LogP contribution in [0.5, 0.6) is 0 Å². The largest absolute Gasteiger partial charge is 0.462 e. The molecule has 0 spiro atoms. The molecular formula is C32H61NO13Si3. The lowest BCUT2D eigenvalue weighted by Gasteiger charge is -2.38. The Morgan fingerprint density at radius 2 is 1.14 bits per heavy atom. The summed E-state index contributed by atoms with van der Waals surface area (Å²) in [6.45, 7) is 26.4. The van der Waals surface area contributed by atoms with Crippen LogP contribution in [0.15, 0.2) is 24.3 Å². The molecule has 0 aromatic heterocycles. The van der Waals surface area contributed by atoms with Gasteiger partial charge in [-0.2, -0.15) is 0 Å². The summed E-state index contributed by atoms with van der Waals surface area (Å²) in [6, 6.07) is 0.757. The summed E-state index contributed by atoms with van der Waals surface area (Å²) < 4.78 is 50.4. The lowest BCUT2D eigenvalue weighted by atomic mass is 10.3. The van der Waals surface area contributed by atoms with Crippen molar-refractivity contribution in [3.8, 4) is 0 Å². The predicted octanol–water partition coefficient (Wildman–Crippen LogP) is 4.86. The fourth-order valence-corrected chi connectivity index (χ4v) is 16.6. The summed E-state index contributed by atoms with van der Waals surface area (Å²) in [7, 11) is -6.08. The van der Waals surface area contributed by atoms with Gasteiger partial charge in [-0.05, 0) is 78.6 Å². The van der Waals surface area contributed by atoms with Crippen molar-refractivity contribution in [1.29, 1.82) is 0 Å². The molecule has 0 bridgehead atoms. The maximum absolute atomic E-state index is 12.5. The van der Waals surface area contributed by atoms with Crippen LogP contribution in [0, 0.1) is 0 Å². The topological polar surface area (TPSA) is 163 Å². The molecule has 0 fully saturated rings. The Bertz CT molecular complexity index is 1030. The molecule has 0 aliphatic heterocycles. The Morgan fingerprint density at radius 3 is 1.65 bits per heavy atom. The van der Waals surface area contributed by atoms with Crippen molar-refractivity contribution in [3.05, 3.63) is 24.3 Å². The molecule has 0 aliphatic carbocycles. The summed E-state index contributed by atoms with van der Waals surface area (Å²) >= 11 is 0. The molecule has 0 aromatic carbocycles. The first kappa shape index (κ1) is 46.6. The summed E-state index contributed by atoms with van der Waals surface area (Å²) in [6.07, 6.45) is -0.409. The highest BCUT2D eigenvalue weighted by Gasteiger charge is 2.39. The van der Waals surface area contributed by atoms with E-state index in [2.05, 4.69) is 64.3 Å². The normalized spacial score (nSPS) is 12.5. The Kier molecular flexibility index (Phi) is 23.5. The molecule has 1 amide bonds. The van der Waals surface area contributed by atoms with E-state index in [0.717, 1.165) is 6.04 Å². The molecule has 49 heavy (non-hydrogen) atoms. The number of amides is 1. The molecule has 0 rings (SSSR count). The minimum atomic E-state index is -2.42. The quantitative estimate of drug-likeness (QED) is 0.0380. The standard InChI is InChI=1S/C32H61NO13Si3/c1-26(2)30(35)41-21-19-38-16-12-14-29(34)43-25-28(44-32(37)33-15-18-39-20-22-42-31(36)27(3)4)24-40-17-13-23-49(11,45-47(5,6)7)46-48(8,9)10/h28H,1,3,12-25H2,2,4-11H3,(H,33,37). The van der Waals surface area contributed by atoms with E-state index in [1.54, 1.807) is 13.8 Å². The third-order valence-corrected chi connectivity index (χ3v) is 15.4. The van der Waals surface area contributed by atoms with E-state index in [9.17, 15) is 19.2 Å². The van der Waals surface area contributed by atoms with Gasteiger partial charge in [-0.3, -0.25) is 4.79 Å². The highest BCUT2D eigenvalue weighted by Crippen LogP contribution is 2.25. The first-order chi connectivity index (χ1) is 22.7. The molecule has 0 heterocycles. The lowest BCUT2D eigenvalue weighted by Crippen LogP contribution is -2.52. The second-order valence-corrected chi connectivity index (χ2v) is 26.4. The van der Waals surface area contributed by atoms with Gasteiger partial charge >= 0.3 is 32.6 Å². The maximum Gasteiger partial charge on any atom is 0.407 e. The van der Waals surface area contributed by atoms with Crippen molar-refractivity contribution in [1.82, 2.24) is 5.32 Å². The van der Waals surface area contributed by atoms with E-state index in [1.807, 2.05) is 0 Å². The molecule has 0 saturated heterocycles. The van der Waals surface area contributed by atoms with Crippen LogP contribution >= 0.6 is 0 Å². The number of hydrogen-bond donors (Lipinski definition) is 1. The molecule has 0 aromatic rings. The van der Waals surface area contributed by atoms with Gasteiger partial charge in [-0.15, -0.1) is 0 Å². The number of alkyl carbamates (subject to hydrolysis) is 1. The fourth-order valence-electron chi connectivity index (χ4n) is 4.08. The van der Waals surface area contributed by atoms with Crippen LogP contribution in [0.4, 0.5) is 4.79 Å². The molecule has 14 nitrogen and oxygen atoms in total. The van der Waals surface area contributed by atoms with Gasteiger partial charge < -0.3 is 46.7 Å². The van der Waals surface area contributed by atoms with E-state index >= 15 is 0 Å². The number of nitrogens with one attached hydrogen (secondary N) is 1. The Morgan fingerprint density at radius 1 is 0.633 bits per heavy atom. The molecular weight excluding hydrogens is 691 g/mol. The predicted molar refractivity (Wildman–Crippen MR) is 192 cm³/mol. The van der Waals surface area contributed by atoms with Crippen molar-refractivity contribution < 1.29 is 60.6 Å². The third kappa shape index (κ3) is 28.1. The molecule has 0 aliphatic rings. The van der Waals surface area contributed by atoms with Crippen LogP contribution in [-0.2, 0) is 55.8 Å². The molecule has 1 N–H and O–H groups in total. The molecule has 0 saturated carbocycles. The van der Waals surface area contributed by atoms with Crippen LogP contribution in [0.2, 0.25) is 51.9 Å². The molecule has 0 radical (unpaired) electrons. The van der Waals surface area contributed by atoms with Crippen LogP contribution < -0.4 is 5.32 Å². The highest BCUT2D eigenvalue weighted by atomic mass is 28.5. The smallest absolute Gasteiger partial charge is 0.407 e. The Hall–Kier alpha value is -2.39. The van der Waals surface area contributed by atoms with Gasteiger partial charge in [0, 0.05) is 37.3 Å². The van der Waals surface area contributed by atoms with Crippen molar-refractivity contribution in [2.75, 3.05) is 66.0 Å². The van der Waals surface area contributed by atoms with E-state index < -0.39 is 55.3 Å². The zero-order chi connectivity index (χ0) is 37.5. The van der Waals surface area contributed by atoms with Crippen LogP contribution in [0.3, 0.4) is 0 Å². The average molecular weight is 752 g/mol. The lowest BCUT2D eigenvalue weighted by molar-refractivity contribution is -0.148. The SMILES string of the molecule is C=C(C)C(=O)OCCOCCCC(=O)OCC(COCCC[Si](C)(O[Si](C)(C)C)O[Si](C)(C)C)OC(=O)NCCOCCOC(=O)C(=C)C. The zero-order valence-corrected chi connectivity index (χ0v) is 34.2. The van der Waals surface area contributed by atoms with Crippen molar-refractivity contribution in [3.63, 3.8) is 0 Å². The number of rotatable bonds is 28. The molecule has 1 unspecified atom stereocenters. The van der Waals surface area contributed by atoms with Gasteiger partial charge in [0.15, 0.2) is 22.7 Å². The van der Waals surface area contributed by atoms with Crippen molar-refractivity contribution >= 4 is 49.2 Å². The first-order valence-electron chi connectivity index (χ1n) is 16.6. The van der Waals surface area contributed by atoms with Gasteiger partial charge in [0.25, 0.3) is 0 Å². The fraction of sp³-hybridized carbons (Fsp3) is 0.750. The Labute approximate surface area is 296 Å². The second kappa shape index (κ2) is 24.7. The summed E-state index contributed by atoms with van der Waals surface area (Å²) in [5.41, 5.74) is 0.604. The summed E-state index contributed by atoms with van der Waals surface area (Å²) in [5, 5.41) is 2.58. The highest BCUT2D eigenvalue weighted by molar-refractivity contribution is 6.87. The number of ether oxygens (including phenoxy) is 7. The maximum atomic E-state index is 12.5. The van der Waals surface area contributed by atoms with E-state index in [4.69, 9.17) is 41.4 Å². The second-order valence-electron chi connectivity index (χ2n) is 13.5. The number of esters is 3. The molecule has 284 valence electrons. The monoisotopic (exact) mass is 751 g/mol. The van der Waals surface area contributed by atoms with Gasteiger partial charge in [-0.25, -0.2) is 14.4 Å². The van der Waals surface area contributed by atoms with Gasteiger partial charge in [-0.1, -0.05) is 13.2 Å². The number of hydrogen-bond acceptors (Lipinski definition) is 13. The zero-order valence-electron chi connectivity index (χ0n) is 31.2. The van der Waals surface area contributed by atoms with Crippen LogP contribution in [0.1, 0.15) is 33.1 Å². The van der Waals surface area contributed by atoms with Crippen LogP contribution in [0.25, 0.3) is 0 Å². The minimum absolute atomic E-state index is 0.0132. The van der Waals surface area contributed by atoms with E-state index in [-0.39, 0.29) is 65.8 Å². The molecule has 1 atom stereocenters. The van der Waals surface area contributed by atoms with Gasteiger partial charge in [0.1, 0.15) is 19.8 Å². The van der Waals surface area contributed by atoms with E-state index in [0.29, 0.717) is 30.6 Å². The average Bonchev–Trinajstić information content (AvgIpc) is 2.96. The van der Waals surface area contributed by atoms with Crippen LogP contribution in [-0.4, -0.2) is 121 Å². The van der Waals surface area contributed by atoms with Gasteiger partial charge in [0.05, 0.1) is 26.4 Å². The van der Waals surface area contributed by atoms with Crippen molar-refractivity contribution in [2.45, 2.75) is 91.1 Å². The van der Waals surface area contributed by atoms with Gasteiger partial charge in [0.2, 0.25) is 0 Å².